The Labute approximate surface area is 136 Å². The summed E-state index contributed by atoms with van der Waals surface area (Å²) in [5, 5.41) is 12.1. The number of hydrogen-bond donors (Lipinski definition) is 1. The van der Waals surface area contributed by atoms with Gasteiger partial charge in [-0.25, -0.2) is 4.39 Å². The smallest absolute Gasteiger partial charge is 0.257 e. The Morgan fingerprint density at radius 2 is 2.00 bits per heavy atom. The maximum atomic E-state index is 13.5. The fourth-order valence-corrected chi connectivity index (χ4v) is 2.51. The van der Waals surface area contributed by atoms with Crippen molar-refractivity contribution in [2.75, 3.05) is 5.32 Å². The number of fused-ring (bicyclic) bond motifs is 1. The van der Waals surface area contributed by atoms with Crippen molar-refractivity contribution in [2.45, 2.75) is 6.92 Å². The summed E-state index contributed by atoms with van der Waals surface area (Å²) in [5.41, 5.74) is 1.46. The van der Waals surface area contributed by atoms with Crippen LogP contribution in [0, 0.1) is 17.1 Å². The molecule has 0 bridgehead atoms. The molecule has 0 aliphatic carbocycles. The number of halogens is 1. The molecular weight excluding hydrogens is 309 g/mol. The minimum absolute atomic E-state index is 0.252. The molecule has 1 heterocycles. The highest BCUT2D eigenvalue weighted by atomic mass is 19.1. The zero-order valence-corrected chi connectivity index (χ0v) is 12.7. The van der Waals surface area contributed by atoms with E-state index in [9.17, 15) is 14.0 Å². The van der Waals surface area contributed by atoms with Crippen molar-refractivity contribution in [3.05, 3.63) is 65.6 Å². The minimum atomic E-state index is -0.489. The average molecular weight is 321 g/mol. The van der Waals surface area contributed by atoms with E-state index in [4.69, 9.17) is 5.26 Å². The molecule has 0 saturated heterocycles. The van der Waals surface area contributed by atoms with E-state index in [1.807, 2.05) is 6.07 Å². The van der Waals surface area contributed by atoms with Gasteiger partial charge in [0.1, 0.15) is 5.82 Å². The standard InChI is InChI=1S/C18H12FN3O2/c1-11(23)22-10-16(15-6-5-13(19)8-17(15)22)18(24)21-14-4-2-3-12(7-14)9-20/h2-8,10H,1H3,(H,21,24). The van der Waals surface area contributed by atoms with Gasteiger partial charge in [0.15, 0.2) is 0 Å². The summed E-state index contributed by atoms with van der Waals surface area (Å²) < 4.78 is 14.7. The first-order valence-electron chi connectivity index (χ1n) is 7.12. The van der Waals surface area contributed by atoms with Gasteiger partial charge in [0, 0.05) is 24.2 Å². The molecule has 3 aromatic rings. The number of carbonyl (C=O) groups excluding carboxylic acids is 2. The highest BCUT2D eigenvalue weighted by Gasteiger charge is 2.17. The molecule has 0 aliphatic rings. The lowest BCUT2D eigenvalue weighted by atomic mass is 10.1. The Morgan fingerprint density at radius 1 is 1.21 bits per heavy atom. The van der Waals surface area contributed by atoms with Gasteiger partial charge in [0.05, 0.1) is 22.7 Å². The van der Waals surface area contributed by atoms with Crippen LogP contribution in [-0.2, 0) is 0 Å². The van der Waals surface area contributed by atoms with Gasteiger partial charge in [-0.05, 0) is 36.4 Å². The summed E-state index contributed by atoms with van der Waals surface area (Å²) in [4.78, 5) is 24.3. The number of anilines is 1. The maximum absolute atomic E-state index is 13.5. The molecule has 1 amide bonds. The van der Waals surface area contributed by atoms with Crippen LogP contribution >= 0.6 is 0 Å². The zero-order chi connectivity index (χ0) is 17.3. The Kier molecular flexibility index (Phi) is 3.84. The molecule has 0 saturated carbocycles. The second-order valence-electron chi connectivity index (χ2n) is 5.24. The molecule has 6 heteroatoms. The molecule has 118 valence electrons. The number of nitrogens with zero attached hydrogens (tertiary/aromatic N) is 2. The van der Waals surface area contributed by atoms with Crippen molar-refractivity contribution in [3.8, 4) is 6.07 Å². The van der Waals surface area contributed by atoms with Gasteiger partial charge in [-0.1, -0.05) is 6.07 Å². The topological polar surface area (TPSA) is 74.9 Å². The fourth-order valence-electron chi connectivity index (χ4n) is 2.51. The van der Waals surface area contributed by atoms with Gasteiger partial charge in [0.25, 0.3) is 5.91 Å². The highest BCUT2D eigenvalue weighted by molar-refractivity contribution is 6.14. The molecular formula is C18H12FN3O2. The van der Waals surface area contributed by atoms with Crippen LogP contribution in [0.2, 0.25) is 0 Å². The number of aromatic nitrogens is 1. The number of carbonyl (C=O) groups is 2. The van der Waals surface area contributed by atoms with Crippen LogP contribution in [0.4, 0.5) is 10.1 Å². The van der Waals surface area contributed by atoms with Crippen molar-refractivity contribution in [3.63, 3.8) is 0 Å². The summed E-state index contributed by atoms with van der Waals surface area (Å²) in [6.07, 6.45) is 1.38. The Morgan fingerprint density at radius 3 is 2.71 bits per heavy atom. The van der Waals surface area contributed by atoms with Gasteiger partial charge >= 0.3 is 0 Å². The van der Waals surface area contributed by atoms with Crippen LogP contribution in [0.1, 0.15) is 27.6 Å². The van der Waals surface area contributed by atoms with Crippen molar-refractivity contribution in [1.82, 2.24) is 4.57 Å². The quantitative estimate of drug-likeness (QED) is 0.784. The van der Waals surface area contributed by atoms with Crippen LogP contribution in [0.5, 0.6) is 0 Å². The third-order valence-electron chi connectivity index (χ3n) is 3.60. The van der Waals surface area contributed by atoms with Crippen LogP contribution < -0.4 is 5.32 Å². The molecule has 0 fully saturated rings. The van der Waals surface area contributed by atoms with E-state index in [1.54, 1.807) is 24.3 Å². The number of rotatable bonds is 2. The van der Waals surface area contributed by atoms with Crippen molar-refractivity contribution in [1.29, 1.82) is 5.26 Å². The molecule has 1 aromatic heterocycles. The third-order valence-corrected chi connectivity index (χ3v) is 3.60. The SMILES string of the molecule is CC(=O)n1cc(C(=O)Nc2cccc(C#N)c2)c2ccc(F)cc21. The number of nitrogens with one attached hydrogen (secondary N) is 1. The van der Waals surface area contributed by atoms with E-state index in [1.165, 1.54) is 35.9 Å². The molecule has 1 N–H and O–H groups in total. The molecule has 0 unspecified atom stereocenters. The molecule has 0 atom stereocenters. The maximum Gasteiger partial charge on any atom is 0.257 e. The summed E-state index contributed by atoms with van der Waals surface area (Å²) in [7, 11) is 0. The number of benzene rings is 2. The summed E-state index contributed by atoms with van der Waals surface area (Å²) >= 11 is 0. The van der Waals surface area contributed by atoms with E-state index in [2.05, 4.69) is 5.32 Å². The first-order valence-corrected chi connectivity index (χ1v) is 7.12. The first-order chi connectivity index (χ1) is 11.5. The molecule has 5 nitrogen and oxygen atoms in total. The van der Waals surface area contributed by atoms with Crippen molar-refractivity contribution >= 4 is 28.4 Å². The Bertz CT molecular complexity index is 1010. The van der Waals surface area contributed by atoms with Crippen molar-refractivity contribution in [2.24, 2.45) is 0 Å². The highest BCUT2D eigenvalue weighted by Crippen LogP contribution is 2.24. The van der Waals surface area contributed by atoms with E-state index in [0.29, 0.717) is 22.2 Å². The molecule has 0 spiro atoms. The average Bonchev–Trinajstić information content (AvgIpc) is 2.94. The molecule has 0 radical (unpaired) electrons. The lowest BCUT2D eigenvalue weighted by Gasteiger charge is -2.04. The van der Waals surface area contributed by atoms with Crippen LogP contribution in [-0.4, -0.2) is 16.4 Å². The second-order valence-corrected chi connectivity index (χ2v) is 5.24. The Hall–Kier alpha value is -3.46. The number of hydrogen-bond acceptors (Lipinski definition) is 3. The van der Waals surface area contributed by atoms with E-state index in [-0.39, 0.29) is 11.5 Å². The fraction of sp³-hybridized carbons (Fsp3) is 0.0556. The number of amides is 1. The van der Waals surface area contributed by atoms with Crippen LogP contribution in [0.25, 0.3) is 10.9 Å². The van der Waals surface area contributed by atoms with Crippen molar-refractivity contribution < 1.29 is 14.0 Å². The summed E-state index contributed by atoms with van der Waals surface area (Å²) in [6, 6.07) is 12.4. The predicted molar refractivity (Wildman–Crippen MR) is 87.3 cm³/mol. The van der Waals surface area contributed by atoms with E-state index in [0.717, 1.165) is 0 Å². The normalized spacial score (nSPS) is 10.4. The Balaban J connectivity index is 2.04. The zero-order valence-electron chi connectivity index (χ0n) is 12.7. The minimum Gasteiger partial charge on any atom is -0.322 e. The van der Waals surface area contributed by atoms with Crippen LogP contribution in [0.3, 0.4) is 0 Å². The largest absolute Gasteiger partial charge is 0.322 e. The monoisotopic (exact) mass is 321 g/mol. The number of nitriles is 1. The lowest BCUT2D eigenvalue weighted by molar-refractivity contribution is 0.0941. The van der Waals surface area contributed by atoms with Crippen LogP contribution in [0.15, 0.2) is 48.7 Å². The van der Waals surface area contributed by atoms with Gasteiger partial charge in [0.2, 0.25) is 5.91 Å². The third kappa shape index (κ3) is 2.75. The first kappa shape index (κ1) is 15.4. The predicted octanol–water partition coefficient (Wildman–Crippen LogP) is 3.56. The van der Waals surface area contributed by atoms with Gasteiger partial charge < -0.3 is 5.32 Å². The van der Waals surface area contributed by atoms with E-state index >= 15 is 0 Å². The summed E-state index contributed by atoms with van der Waals surface area (Å²) in [6.45, 7) is 1.34. The lowest BCUT2D eigenvalue weighted by Crippen LogP contribution is -2.12. The second kappa shape index (κ2) is 5.97. The molecule has 24 heavy (non-hydrogen) atoms. The molecule has 2 aromatic carbocycles. The molecule has 0 aliphatic heterocycles. The van der Waals surface area contributed by atoms with Gasteiger partial charge in [-0.15, -0.1) is 0 Å². The van der Waals surface area contributed by atoms with E-state index < -0.39 is 11.7 Å². The van der Waals surface area contributed by atoms with Gasteiger partial charge in [-0.3, -0.25) is 14.2 Å². The molecule has 3 rings (SSSR count). The summed E-state index contributed by atoms with van der Waals surface area (Å²) in [5.74, 6) is -1.25. The van der Waals surface area contributed by atoms with Gasteiger partial charge in [-0.2, -0.15) is 5.26 Å².